The zero-order valence-electron chi connectivity index (χ0n) is 12.1. The molecule has 0 spiro atoms. The van der Waals surface area contributed by atoms with Gasteiger partial charge in [-0.15, -0.1) is 0 Å². The second kappa shape index (κ2) is 5.63. The molecule has 1 aromatic heterocycles. The smallest absolute Gasteiger partial charge is 0.225 e. The Labute approximate surface area is 119 Å². The highest BCUT2D eigenvalue weighted by molar-refractivity contribution is 5.90. The zero-order valence-corrected chi connectivity index (χ0v) is 12.1. The van der Waals surface area contributed by atoms with E-state index in [9.17, 15) is 0 Å². The van der Waals surface area contributed by atoms with Gasteiger partial charge in [-0.25, -0.2) is 4.98 Å². The maximum Gasteiger partial charge on any atom is 0.225 e. The first-order valence-electron chi connectivity index (χ1n) is 7.15. The summed E-state index contributed by atoms with van der Waals surface area (Å²) in [6.45, 7) is 2.12. The molecule has 1 aliphatic rings. The second-order valence-electron chi connectivity index (χ2n) is 5.45. The summed E-state index contributed by atoms with van der Waals surface area (Å²) in [7, 11) is 4.03. The average molecular weight is 271 g/mol. The lowest BCUT2D eigenvalue weighted by atomic mass is 10.1. The van der Waals surface area contributed by atoms with Gasteiger partial charge in [0, 0.05) is 25.5 Å². The summed E-state index contributed by atoms with van der Waals surface area (Å²) in [5.41, 5.74) is 0.989. The molecule has 0 bridgehead atoms. The Morgan fingerprint density at radius 1 is 1.15 bits per heavy atom. The van der Waals surface area contributed by atoms with E-state index < -0.39 is 0 Å². The van der Waals surface area contributed by atoms with Gasteiger partial charge >= 0.3 is 0 Å². The third-order valence-corrected chi connectivity index (χ3v) is 3.68. The van der Waals surface area contributed by atoms with Crippen molar-refractivity contribution in [2.45, 2.75) is 18.9 Å². The van der Waals surface area contributed by atoms with Crippen molar-refractivity contribution in [1.82, 2.24) is 15.3 Å². The van der Waals surface area contributed by atoms with Crippen LogP contribution in [0.1, 0.15) is 12.8 Å². The van der Waals surface area contributed by atoms with Crippen LogP contribution >= 0.6 is 0 Å². The average Bonchev–Trinajstić information content (AvgIpc) is 2.47. The Kier molecular flexibility index (Phi) is 3.69. The minimum atomic E-state index is 0.465. The molecular formula is C15H21N5. The van der Waals surface area contributed by atoms with Crippen LogP contribution in [0.15, 0.2) is 24.3 Å². The highest BCUT2D eigenvalue weighted by Crippen LogP contribution is 2.24. The normalized spacial score (nSPS) is 16.3. The predicted octanol–water partition coefficient (Wildman–Crippen LogP) is 1.86. The van der Waals surface area contributed by atoms with E-state index in [4.69, 9.17) is 0 Å². The van der Waals surface area contributed by atoms with Crippen LogP contribution in [0.2, 0.25) is 0 Å². The van der Waals surface area contributed by atoms with E-state index in [0.29, 0.717) is 6.04 Å². The molecule has 20 heavy (non-hydrogen) atoms. The molecule has 0 radical (unpaired) electrons. The van der Waals surface area contributed by atoms with Gasteiger partial charge in [0.1, 0.15) is 5.82 Å². The highest BCUT2D eigenvalue weighted by atomic mass is 15.2. The molecule has 0 saturated carbocycles. The molecule has 0 unspecified atom stereocenters. The minimum Gasteiger partial charge on any atom is -0.362 e. The molecular weight excluding hydrogens is 250 g/mol. The molecule has 1 fully saturated rings. The molecule has 0 amide bonds. The molecule has 2 N–H and O–H groups in total. The number of rotatable bonds is 3. The third kappa shape index (κ3) is 2.67. The molecule has 0 atom stereocenters. The van der Waals surface area contributed by atoms with Crippen LogP contribution in [0.4, 0.5) is 11.8 Å². The van der Waals surface area contributed by atoms with E-state index in [0.717, 1.165) is 48.6 Å². The Hall–Kier alpha value is -1.88. The molecule has 1 aromatic carbocycles. The van der Waals surface area contributed by atoms with Gasteiger partial charge in [-0.1, -0.05) is 12.1 Å². The van der Waals surface area contributed by atoms with E-state index in [2.05, 4.69) is 26.7 Å². The molecule has 5 heteroatoms. The van der Waals surface area contributed by atoms with Crippen LogP contribution in [-0.4, -0.2) is 43.2 Å². The molecule has 5 nitrogen and oxygen atoms in total. The Bertz CT molecular complexity index is 590. The summed E-state index contributed by atoms with van der Waals surface area (Å²) in [6.07, 6.45) is 2.24. The lowest BCUT2D eigenvalue weighted by Crippen LogP contribution is -2.35. The number of para-hydroxylation sites is 1. The van der Waals surface area contributed by atoms with Crippen LogP contribution in [0.5, 0.6) is 0 Å². The lowest BCUT2D eigenvalue weighted by molar-refractivity contribution is 0.477. The van der Waals surface area contributed by atoms with Gasteiger partial charge < -0.3 is 15.5 Å². The van der Waals surface area contributed by atoms with Crippen molar-refractivity contribution in [2.75, 3.05) is 37.4 Å². The summed E-state index contributed by atoms with van der Waals surface area (Å²) in [4.78, 5) is 11.4. The van der Waals surface area contributed by atoms with Gasteiger partial charge in [0.05, 0.1) is 5.52 Å². The predicted molar refractivity (Wildman–Crippen MR) is 83.4 cm³/mol. The standard InChI is InChI=1S/C15H21N5/c1-20(2)14-12-5-3-4-6-13(12)18-15(19-14)17-11-7-9-16-10-8-11/h3-6,11,16H,7-10H2,1-2H3,(H,17,18,19). The highest BCUT2D eigenvalue weighted by Gasteiger charge is 2.15. The van der Waals surface area contributed by atoms with Crippen LogP contribution < -0.4 is 15.5 Å². The fourth-order valence-corrected chi connectivity index (χ4v) is 2.61. The van der Waals surface area contributed by atoms with Gasteiger partial charge in [-0.05, 0) is 38.1 Å². The largest absolute Gasteiger partial charge is 0.362 e. The van der Waals surface area contributed by atoms with Gasteiger partial charge in [-0.2, -0.15) is 4.98 Å². The SMILES string of the molecule is CN(C)c1nc(NC2CCNCC2)nc2ccccc12. The topological polar surface area (TPSA) is 53.1 Å². The number of piperidine rings is 1. The first kappa shape index (κ1) is 13.1. The van der Waals surface area contributed by atoms with E-state index in [1.54, 1.807) is 0 Å². The number of aromatic nitrogens is 2. The number of benzene rings is 1. The Morgan fingerprint density at radius 2 is 1.90 bits per heavy atom. The number of hydrogen-bond donors (Lipinski definition) is 2. The number of anilines is 2. The Morgan fingerprint density at radius 3 is 2.65 bits per heavy atom. The first-order chi connectivity index (χ1) is 9.74. The number of fused-ring (bicyclic) bond motifs is 1. The minimum absolute atomic E-state index is 0.465. The van der Waals surface area contributed by atoms with Gasteiger partial charge in [0.15, 0.2) is 0 Å². The van der Waals surface area contributed by atoms with Crippen molar-refractivity contribution in [3.05, 3.63) is 24.3 Å². The summed E-state index contributed by atoms with van der Waals surface area (Å²) in [6, 6.07) is 8.62. The molecule has 2 heterocycles. The van der Waals surface area contributed by atoms with E-state index in [1.165, 1.54) is 0 Å². The van der Waals surface area contributed by atoms with Crippen molar-refractivity contribution in [3.63, 3.8) is 0 Å². The maximum absolute atomic E-state index is 4.68. The molecule has 3 rings (SSSR count). The summed E-state index contributed by atoms with van der Waals surface area (Å²) < 4.78 is 0. The zero-order chi connectivity index (χ0) is 13.9. The van der Waals surface area contributed by atoms with Crippen LogP contribution in [0.25, 0.3) is 10.9 Å². The number of nitrogens with zero attached hydrogens (tertiary/aromatic N) is 3. The Balaban J connectivity index is 1.94. The lowest BCUT2D eigenvalue weighted by Gasteiger charge is -2.24. The molecule has 106 valence electrons. The fraction of sp³-hybridized carbons (Fsp3) is 0.467. The van der Waals surface area contributed by atoms with Gasteiger partial charge in [0.25, 0.3) is 0 Å². The van der Waals surface area contributed by atoms with Crippen molar-refractivity contribution < 1.29 is 0 Å². The van der Waals surface area contributed by atoms with Crippen molar-refractivity contribution in [1.29, 1.82) is 0 Å². The quantitative estimate of drug-likeness (QED) is 0.892. The summed E-state index contributed by atoms with van der Waals surface area (Å²) >= 11 is 0. The van der Waals surface area contributed by atoms with E-state index >= 15 is 0 Å². The van der Waals surface area contributed by atoms with Gasteiger partial charge in [0.2, 0.25) is 5.95 Å². The van der Waals surface area contributed by atoms with Gasteiger partial charge in [-0.3, -0.25) is 0 Å². The second-order valence-corrected chi connectivity index (χ2v) is 5.45. The number of nitrogens with one attached hydrogen (secondary N) is 2. The van der Waals surface area contributed by atoms with Crippen LogP contribution in [0.3, 0.4) is 0 Å². The summed E-state index contributed by atoms with van der Waals surface area (Å²) in [5, 5.41) is 7.94. The fourth-order valence-electron chi connectivity index (χ4n) is 2.61. The summed E-state index contributed by atoms with van der Waals surface area (Å²) in [5.74, 6) is 1.70. The van der Waals surface area contributed by atoms with E-state index in [1.807, 2.05) is 37.2 Å². The molecule has 1 saturated heterocycles. The first-order valence-corrected chi connectivity index (χ1v) is 7.15. The van der Waals surface area contributed by atoms with Crippen LogP contribution in [-0.2, 0) is 0 Å². The monoisotopic (exact) mass is 271 g/mol. The van der Waals surface area contributed by atoms with Crippen LogP contribution in [0, 0.1) is 0 Å². The molecule has 0 aliphatic carbocycles. The molecule has 1 aliphatic heterocycles. The van der Waals surface area contributed by atoms with E-state index in [-0.39, 0.29) is 0 Å². The third-order valence-electron chi connectivity index (χ3n) is 3.68. The maximum atomic E-state index is 4.68. The number of hydrogen-bond acceptors (Lipinski definition) is 5. The van der Waals surface area contributed by atoms with Crippen molar-refractivity contribution >= 4 is 22.7 Å². The van der Waals surface area contributed by atoms with Crippen molar-refractivity contribution in [2.24, 2.45) is 0 Å². The van der Waals surface area contributed by atoms with Crippen molar-refractivity contribution in [3.8, 4) is 0 Å². The molecule has 2 aromatic rings.